The molecule has 0 fully saturated rings. The predicted molar refractivity (Wildman–Crippen MR) is 65.4 cm³/mol. The van der Waals surface area contributed by atoms with Gasteiger partial charge >= 0.3 is 0 Å². The number of hydrogen-bond donors (Lipinski definition) is 3. The summed E-state index contributed by atoms with van der Waals surface area (Å²) < 4.78 is 0. The first-order valence-corrected chi connectivity index (χ1v) is 5.51. The van der Waals surface area contributed by atoms with E-state index in [9.17, 15) is 5.11 Å². The number of aliphatic hydroxyl groups is 1. The van der Waals surface area contributed by atoms with Crippen LogP contribution in [-0.2, 0) is 0 Å². The molecule has 2 aromatic rings. The van der Waals surface area contributed by atoms with Crippen molar-refractivity contribution in [2.45, 2.75) is 19.9 Å². The molecule has 0 amide bonds. The van der Waals surface area contributed by atoms with Crippen LogP contribution in [-0.4, -0.2) is 27.7 Å². The SMILES string of the molecule is CC(C)C(CO)Nc1ccc2nc[nH]c2c1. The van der Waals surface area contributed by atoms with E-state index in [-0.39, 0.29) is 12.6 Å². The molecule has 0 saturated heterocycles. The quantitative estimate of drug-likeness (QED) is 0.737. The number of aromatic nitrogens is 2. The van der Waals surface area contributed by atoms with E-state index in [0.717, 1.165) is 16.7 Å². The lowest BCUT2D eigenvalue weighted by Gasteiger charge is -2.21. The summed E-state index contributed by atoms with van der Waals surface area (Å²) in [4.78, 5) is 7.23. The molecule has 1 unspecified atom stereocenters. The molecule has 0 aliphatic rings. The highest BCUT2D eigenvalue weighted by molar-refractivity contribution is 5.78. The Kier molecular flexibility index (Phi) is 3.10. The first-order chi connectivity index (χ1) is 7.70. The maximum absolute atomic E-state index is 9.25. The molecule has 0 spiro atoms. The first kappa shape index (κ1) is 11.0. The van der Waals surface area contributed by atoms with Gasteiger partial charge in [0.1, 0.15) is 0 Å². The van der Waals surface area contributed by atoms with Gasteiger partial charge in [0.05, 0.1) is 30.0 Å². The number of imidazole rings is 1. The highest BCUT2D eigenvalue weighted by Gasteiger charge is 2.11. The van der Waals surface area contributed by atoms with E-state index in [1.807, 2.05) is 18.2 Å². The van der Waals surface area contributed by atoms with Crippen LogP contribution in [0.3, 0.4) is 0 Å². The Balaban J connectivity index is 2.19. The molecule has 1 aromatic heterocycles. The Hall–Kier alpha value is -1.55. The zero-order valence-corrected chi connectivity index (χ0v) is 9.57. The van der Waals surface area contributed by atoms with Crippen molar-refractivity contribution >= 4 is 16.7 Å². The molecule has 0 saturated carbocycles. The van der Waals surface area contributed by atoms with Gasteiger partial charge in [0.15, 0.2) is 0 Å². The van der Waals surface area contributed by atoms with E-state index < -0.39 is 0 Å². The van der Waals surface area contributed by atoms with Crippen molar-refractivity contribution in [1.29, 1.82) is 0 Å². The van der Waals surface area contributed by atoms with E-state index in [1.165, 1.54) is 0 Å². The summed E-state index contributed by atoms with van der Waals surface area (Å²) in [5.41, 5.74) is 2.96. The third-order valence-electron chi connectivity index (χ3n) is 2.77. The fourth-order valence-electron chi connectivity index (χ4n) is 1.66. The third-order valence-corrected chi connectivity index (χ3v) is 2.77. The van der Waals surface area contributed by atoms with Gasteiger partial charge in [0, 0.05) is 5.69 Å². The second-order valence-corrected chi connectivity index (χ2v) is 4.31. The minimum absolute atomic E-state index is 0.0837. The molecule has 1 atom stereocenters. The van der Waals surface area contributed by atoms with E-state index in [2.05, 4.69) is 29.1 Å². The average Bonchev–Trinajstić information content (AvgIpc) is 2.72. The van der Waals surface area contributed by atoms with Crippen LogP contribution in [0.25, 0.3) is 11.0 Å². The predicted octanol–water partition coefficient (Wildman–Crippen LogP) is 1.99. The highest BCUT2D eigenvalue weighted by atomic mass is 16.3. The third kappa shape index (κ3) is 2.17. The average molecular weight is 219 g/mol. The molecule has 0 bridgehead atoms. The van der Waals surface area contributed by atoms with Gasteiger partial charge in [-0.2, -0.15) is 0 Å². The van der Waals surface area contributed by atoms with Crippen LogP contribution in [0, 0.1) is 5.92 Å². The van der Waals surface area contributed by atoms with Crippen molar-refractivity contribution < 1.29 is 5.11 Å². The lowest BCUT2D eigenvalue weighted by molar-refractivity contribution is 0.249. The fraction of sp³-hybridized carbons (Fsp3) is 0.417. The molecule has 0 aliphatic carbocycles. The van der Waals surface area contributed by atoms with Gasteiger partial charge in [-0.15, -0.1) is 0 Å². The van der Waals surface area contributed by atoms with Crippen LogP contribution in [0.5, 0.6) is 0 Å². The molecule has 4 heteroatoms. The molecule has 1 heterocycles. The van der Waals surface area contributed by atoms with E-state index in [0.29, 0.717) is 5.92 Å². The van der Waals surface area contributed by atoms with Crippen LogP contribution in [0.15, 0.2) is 24.5 Å². The maximum Gasteiger partial charge on any atom is 0.0931 e. The summed E-state index contributed by atoms with van der Waals surface area (Å²) >= 11 is 0. The van der Waals surface area contributed by atoms with Crippen LogP contribution in [0.1, 0.15) is 13.8 Å². The number of benzene rings is 1. The van der Waals surface area contributed by atoms with Gasteiger partial charge in [0.25, 0.3) is 0 Å². The normalized spacial score (nSPS) is 13.2. The second-order valence-electron chi connectivity index (χ2n) is 4.31. The van der Waals surface area contributed by atoms with Crippen molar-refractivity contribution in [3.63, 3.8) is 0 Å². The summed E-state index contributed by atoms with van der Waals surface area (Å²) in [6.07, 6.45) is 1.68. The Morgan fingerprint density at radius 3 is 2.94 bits per heavy atom. The number of anilines is 1. The molecular formula is C12H17N3O. The first-order valence-electron chi connectivity index (χ1n) is 5.51. The molecule has 4 nitrogen and oxygen atoms in total. The zero-order chi connectivity index (χ0) is 11.5. The van der Waals surface area contributed by atoms with Crippen LogP contribution < -0.4 is 5.32 Å². The molecular weight excluding hydrogens is 202 g/mol. The Labute approximate surface area is 94.7 Å². The number of H-pyrrole nitrogens is 1. The summed E-state index contributed by atoms with van der Waals surface area (Å²) in [5.74, 6) is 0.391. The summed E-state index contributed by atoms with van der Waals surface area (Å²) in [6.45, 7) is 4.31. The maximum atomic E-state index is 9.25. The number of nitrogens with one attached hydrogen (secondary N) is 2. The van der Waals surface area contributed by atoms with E-state index in [1.54, 1.807) is 6.33 Å². The van der Waals surface area contributed by atoms with Crippen LogP contribution >= 0.6 is 0 Å². The molecule has 16 heavy (non-hydrogen) atoms. The fourth-order valence-corrected chi connectivity index (χ4v) is 1.66. The van der Waals surface area contributed by atoms with Gasteiger partial charge in [0.2, 0.25) is 0 Å². The zero-order valence-electron chi connectivity index (χ0n) is 9.57. The van der Waals surface area contributed by atoms with Crippen molar-refractivity contribution in [3.8, 4) is 0 Å². The number of hydrogen-bond acceptors (Lipinski definition) is 3. The van der Waals surface area contributed by atoms with Crippen LogP contribution in [0.2, 0.25) is 0 Å². The Morgan fingerprint density at radius 1 is 1.44 bits per heavy atom. The van der Waals surface area contributed by atoms with Gasteiger partial charge < -0.3 is 15.4 Å². The molecule has 0 radical (unpaired) electrons. The summed E-state index contributed by atoms with van der Waals surface area (Å²) in [7, 11) is 0. The minimum atomic E-state index is 0.0837. The van der Waals surface area contributed by atoms with Crippen molar-refractivity contribution in [3.05, 3.63) is 24.5 Å². The molecule has 2 rings (SSSR count). The lowest BCUT2D eigenvalue weighted by atomic mass is 10.1. The van der Waals surface area contributed by atoms with Crippen molar-refractivity contribution in [1.82, 2.24) is 9.97 Å². The second kappa shape index (κ2) is 4.53. The molecule has 1 aromatic carbocycles. The smallest absolute Gasteiger partial charge is 0.0931 e. The number of nitrogens with zero attached hydrogens (tertiary/aromatic N) is 1. The van der Waals surface area contributed by atoms with Gasteiger partial charge in [-0.05, 0) is 24.1 Å². The van der Waals surface area contributed by atoms with Gasteiger partial charge in [-0.25, -0.2) is 4.98 Å². The monoisotopic (exact) mass is 219 g/mol. The van der Waals surface area contributed by atoms with Crippen molar-refractivity contribution in [2.75, 3.05) is 11.9 Å². The molecule has 3 N–H and O–H groups in total. The van der Waals surface area contributed by atoms with Crippen LogP contribution in [0.4, 0.5) is 5.69 Å². The van der Waals surface area contributed by atoms with Gasteiger partial charge in [-0.3, -0.25) is 0 Å². The van der Waals surface area contributed by atoms with E-state index in [4.69, 9.17) is 0 Å². The van der Waals surface area contributed by atoms with Gasteiger partial charge in [-0.1, -0.05) is 13.8 Å². The van der Waals surface area contributed by atoms with E-state index >= 15 is 0 Å². The summed E-state index contributed by atoms with van der Waals surface area (Å²) in [5, 5.41) is 12.6. The number of fused-ring (bicyclic) bond motifs is 1. The largest absolute Gasteiger partial charge is 0.394 e. The molecule has 86 valence electrons. The Morgan fingerprint density at radius 2 is 2.25 bits per heavy atom. The highest BCUT2D eigenvalue weighted by Crippen LogP contribution is 2.17. The topological polar surface area (TPSA) is 60.9 Å². The van der Waals surface area contributed by atoms with Crippen molar-refractivity contribution in [2.24, 2.45) is 5.92 Å². The molecule has 0 aliphatic heterocycles. The number of aromatic amines is 1. The summed E-state index contributed by atoms with van der Waals surface area (Å²) in [6, 6.07) is 6.03. The standard InChI is InChI=1S/C12H17N3O/c1-8(2)12(6-16)15-9-3-4-10-11(5-9)14-7-13-10/h3-5,7-8,12,15-16H,6H2,1-2H3,(H,13,14). The lowest BCUT2D eigenvalue weighted by Crippen LogP contribution is -2.29. The minimum Gasteiger partial charge on any atom is -0.394 e. The number of rotatable bonds is 4. The Bertz CT molecular complexity index is 464. The number of aliphatic hydroxyl groups excluding tert-OH is 1.